The van der Waals surface area contributed by atoms with Gasteiger partial charge in [-0.15, -0.1) is 0 Å². The average molecular weight is 553 g/mol. The first-order chi connectivity index (χ1) is 18.9. The number of esters is 1. The number of hydrogen-bond acceptors (Lipinski definition) is 6. The summed E-state index contributed by atoms with van der Waals surface area (Å²) < 4.78 is 5.79. The van der Waals surface area contributed by atoms with E-state index in [1.165, 1.54) is 5.56 Å². The molecule has 0 aliphatic carbocycles. The van der Waals surface area contributed by atoms with Crippen molar-refractivity contribution in [1.29, 1.82) is 0 Å². The standard InChI is InChI=1S/C31H40N2O5S/c1-23(19-34)32-29(35)18-26-15-9-4-10-16-27(17-24-11-5-2-6-12-24)31(37)38-20-28(33-30(26)36)22-39-21-25-13-7-3-8-14-25/h2-9,11-14,23,26-28,34H,10,15-22H2,1H3,(H,32,35)(H,33,36). The number of ether oxygens (including phenoxy) is 1. The third kappa shape index (κ3) is 11.3. The van der Waals surface area contributed by atoms with Gasteiger partial charge in [0.2, 0.25) is 11.8 Å². The highest BCUT2D eigenvalue weighted by molar-refractivity contribution is 7.98. The lowest BCUT2D eigenvalue weighted by Gasteiger charge is -2.23. The third-order valence-corrected chi connectivity index (χ3v) is 7.79. The molecule has 1 aliphatic rings. The highest BCUT2D eigenvalue weighted by Gasteiger charge is 2.27. The summed E-state index contributed by atoms with van der Waals surface area (Å²) in [5.41, 5.74) is 2.26. The molecule has 4 unspecified atom stereocenters. The van der Waals surface area contributed by atoms with Crippen molar-refractivity contribution in [3.05, 3.63) is 83.9 Å². The number of amides is 2. The van der Waals surface area contributed by atoms with Crippen molar-refractivity contribution in [3.8, 4) is 0 Å². The van der Waals surface area contributed by atoms with E-state index in [4.69, 9.17) is 4.74 Å². The lowest BCUT2D eigenvalue weighted by Crippen LogP contribution is -2.45. The Morgan fingerprint density at radius 2 is 1.74 bits per heavy atom. The second-order valence-electron chi connectivity index (χ2n) is 10.1. The van der Waals surface area contributed by atoms with Crippen LogP contribution in [0.15, 0.2) is 72.8 Å². The highest BCUT2D eigenvalue weighted by atomic mass is 32.2. The van der Waals surface area contributed by atoms with Crippen LogP contribution in [-0.2, 0) is 31.3 Å². The number of benzene rings is 2. The van der Waals surface area contributed by atoms with Crippen LogP contribution in [-0.4, -0.2) is 53.9 Å². The van der Waals surface area contributed by atoms with E-state index in [2.05, 4.69) is 22.8 Å². The second kappa shape index (κ2) is 16.8. The first kappa shape index (κ1) is 30.4. The summed E-state index contributed by atoms with van der Waals surface area (Å²) in [6.07, 6.45) is 6.23. The molecule has 2 aromatic rings. The Morgan fingerprint density at radius 3 is 2.44 bits per heavy atom. The average Bonchev–Trinajstić information content (AvgIpc) is 2.95. The van der Waals surface area contributed by atoms with Gasteiger partial charge in [0, 0.05) is 24.0 Å². The summed E-state index contributed by atoms with van der Waals surface area (Å²) in [6.45, 7) is 1.62. The Kier molecular flexibility index (Phi) is 13.1. The number of thioether (sulfide) groups is 1. The van der Waals surface area contributed by atoms with Gasteiger partial charge in [0.15, 0.2) is 0 Å². The van der Waals surface area contributed by atoms with Crippen LogP contribution in [0, 0.1) is 11.8 Å². The molecule has 0 spiro atoms. The van der Waals surface area contributed by atoms with Crippen LogP contribution in [0.25, 0.3) is 0 Å². The quantitative estimate of drug-likeness (QED) is 0.304. The predicted octanol–water partition coefficient (Wildman–Crippen LogP) is 4.05. The number of cyclic esters (lactones) is 1. The van der Waals surface area contributed by atoms with Crippen molar-refractivity contribution in [2.45, 2.75) is 56.9 Å². The van der Waals surface area contributed by atoms with Gasteiger partial charge in [-0.3, -0.25) is 14.4 Å². The molecule has 1 heterocycles. The SMILES string of the molecule is CC(CO)NC(=O)CC1CC=CCCC(Cc2ccccc2)C(=O)OCC(CSCc2ccccc2)NC1=O. The summed E-state index contributed by atoms with van der Waals surface area (Å²) in [7, 11) is 0. The minimum atomic E-state index is -0.565. The number of carbonyl (C=O) groups is 3. The maximum atomic E-state index is 13.3. The lowest BCUT2D eigenvalue weighted by molar-refractivity contribution is -0.150. The Labute approximate surface area is 235 Å². The van der Waals surface area contributed by atoms with Gasteiger partial charge in [0.05, 0.1) is 24.5 Å². The number of aliphatic hydroxyl groups is 1. The fourth-order valence-corrected chi connectivity index (χ4v) is 5.42. The molecule has 2 amide bonds. The highest BCUT2D eigenvalue weighted by Crippen LogP contribution is 2.20. The number of rotatable bonds is 10. The van der Waals surface area contributed by atoms with Crippen LogP contribution < -0.4 is 10.6 Å². The number of hydrogen-bond donors (Lipinski definition) is 3. The molecule has 0 radical (unpaired) electrons. The van der Waals surface area contributed by atoms with Crippen molar-refractivity contribution in [1.82, 2.24) is 10.6 Å². The minimum absolute atomic E-state index is 0.0147. The van der Waals surface area contributed by atoms with Crippen molar-refractivity contribution in [3.63, 3.8) is 0 Å². The van der Waals surface area contributed by atoms with E-state index in [1.807, 2.05) is 60.7 Å². The van der Waals surface area contributed by atoms with Gasteiger partial charge < -0.3 is 20.5 Å². The van der Waals surface area contributed by atoms with Gasteiger partial charge >= 0.3 is 5.97 Å². The van der Waals surface area contributed by atoms with Crippen LogP contribution in [0.4, 0.5) is 0 Å². The number of carbonyl (C=O) groups excluding carboxylic acids is 3. The molecule has 210 valence electrons. The van der Waals surface area contributed by atoms with Crippen molar-refractivity contribution < 1.29 is 24.2 Å². The number of aliphatic hydroxyl groups excluding tert-OH is 1. The molecule has 8 heteroatoms. The van der Waals surface area contributed by atoms with Gasteiger partial charge in [0.1, 0.15) is 6.61 Å². The molecular weight excluding hydrogens is 512 g/mol. The molecule has 2 aromatic carbocycles. The van der Waals surface area contributed by atoms with Crippen molar-refractivity contribution >= 4 is 29.5 Å². The number of allylic oxidation sites excluding steroid dienone is 2. The van der Waals surface area contributed by atoms with Crippen LogP contribution in [0.3, 0.4) is 0 Å². The third-order valence-electron chi connectivity index (χ3n) is 6.61. The summed E-state index contributed by atoms with van der Waals surface area (Å²) in [6, 6.07) is 19.2. The molecule has 1 aliphatic heterocycles. The van der Waals surface area contributed by atoms with Gasteiger partial charge in [0.25, 0.3) is 0 Å². The van der Waals surface area contributed by atoms with Crippen LogP contribution in [0.5, 0.6) is 0 Å². The molecule has 3 rings (SSSR count). The predicted molar refractivity (Wildman–Crippen MR) is 155 cm³/mol. The molecular formula is C31H40N2O5S. The smallest absolute Gasteiger partial charge is 0.309 e. The summed E-state index contributed by atoms with van der Waals surface area (Å²) in [4.78, 5) is 39.0. The summed E-state index contributed by atoms with van der Waals surface area (Å²) in [5.74, 6) is -0.295. The van der Waals surface area contributed by atoms with E-state index < -0.39 is 5.92 Å². The van der Waals surface area contributed by atoms with Gasteiger partial charge in [-0.25, -0.2) is 0 Å². The van der Waals surface area contributed by atoms with E-state index in [0.29, 0.717) is 31.4 Å². The van der Waals surface area contributed by atoms with Crippen molar-refractivity contribution in [2.75, 3.05) is 19.0 Å². The van der Waals surface area contributed by atoms with Gasteiger partial charge in [-0.1, -0.05) is 72.8 Å². The van der Waals surface area contributed by atoms with Crippen LogP contribution >= 0.6 is 11.8 Å². The number of nitrogens with one attached hydrogen (secondary N) is 2. The Morgan fingerprint density at radius 1 is 1.05 bits per heavy atom. The molecule has 0 saturated carbocycles. The molecule has 7 nitrogen and oxygen atoms in total. The summed E-state index contributed by atoms with van der Waals surface area (Å²) >= 11 is 1.66. The first-order valence-electron chi connectivity index (χ1n) is 13.6. The zero-order valence-corrected chi connectivity index (χ0v) is 23.4. The summed E-state index contributed by atoms with van der Waals surface area (Å²) in [5, 5.41) is 15.0. The normalized spacial score (nSPS) is 21.4. The molecule has 39 heavy (non-hydrogen) atoms. The van der Waals surface area contributed by atoms with E-state index in [-0.39, 0.29) is 55.4 Å². The fourth-order valence-electron chi connectivity index (χ4n) is 4.41. The Bertz CT molecular complexity index is 1060. The zero-order valence-electron chi connectivity index (χ0n) is 22.6. The molecule has 0 bridgehead atoms. The largest absolute Gasteiger partial charge is 0.463 e. The zero-order chi connectivity index (χ0) is 27.9. The molecule has 0 fully saturated rings. The van der Waals surface area contributed by atoms with Crippen molar-refractivity contribution in [2.24, 2.45) is 11.8 Å². The van der Waals surface area contributed by atoms with E-state index in [9.17, 15) is 19.5 Å². The molecule has 4 atom stereocenters. The van der Waals surface area contributed by atoms with Gasteiger partial charge in [-0.05, 0) is 43.7 Å². The fraction of sp³-hybridized carbons (Fsp3) is 0.452. The van der Waals surface area contributed by atoms with Crippen LogP contribution in [0.2, 0.25) is 0 Å². The lowest BCUT2D eigenvalue weighted by atomic mass is 9.94. The molecule has 0 aromatic heterocycles. The molecule has 3 N–H and O–H groups in total. The van der Waals surface area contributed by atoms with E-state index in [1.54, 1.807) is 18.7 Å². The second-order valence-corrected chi connectivity index (χ2v) is 11.1. The van der Waals surface area contributed by atoms with E-state index in [0.717, 1.165) is 11.3 Å². The topological polar surface area (TPSA) is 105 Å². The Hall–Kier alpha value is -3.10. The maximum absolute atomic E-state index is 13.3. The van der Waals surface area contributed by atoms with Gasteiger partial charge in [-0.2, -0.15) is 11.8 Å². The minimum Gasteiger partial charge on any atom is -0.463 e. The Balaban J connectivity index is 1.72. The molecule has 0 saturated heterocycles. The first-order valence-corrected chi connectivity index (χ1v) is 14.8. The van der Waals surface area contributed by atoms with E-state index >= 15 is 0 Å². The maximum Gasteiger partial charge on any atom is 0.309 e. The van der Waals surface area contributed by atoms with Crippen LogP contribution in [0.1, 0.15) is 43.7 Å². The monoisotopic (exact) mass is 552 g/mol.